The van der Waals surface area contributed by atoms with Gasteiger partial charge in [-0.15, -0.1) is 11.3 Å². The van der Waals surface area contributed by atoms with Crippen molar-refractivity contribution in [1.29, 1.82) is 0 Å². The maximum Gasteiger partial charge on any atom is 0.273 e. The number of rotatable bonds is 5. The molecule has 0 spiro atoms. The second kappa shape index (κ2) is 5.84. The predicted octanol–water partition coefficient (Wildman–Crippen LogP) is 2.23. The Balaban J connectivity index is 2.69. The van der Waals surface area contributed by atoms with Gasteiger partial charge in [0.15, 0.2) is 5.13 Å². The van der Waals surface area contributed by atoms with E-state index in [2.05, 4.69) is 18.8 Å². The van der Waals surface area contributed by atoms with Crippen molar-refractivity contribution in [2.75, 3.05) is 18.8 Å². The van der Waals surface area contributed by atoms with Gasteiger partial charge < -0.3 is 10.6 Å². The molecular formula is C11H19N3OS. The van der Waals surface area contributed by atoms with Crippen molar-refractivity contribution < 1.29 is 4.79 Å². The van der Waals surface area contributed by atoms with E-state index in [1.54, 1.807) is 5.38 Å². The summed E-state index contributed by atoms with van der Waals surface area (Å²) in [4.78, 5) is 17.9. The van der Waals surface area contributed by atoms with Crippen molar-refractivity contribution in [2.24, 2.45) is 5.92 Å². The second-order valence-electron chi connectivity index (χ2n) is 3.93. The number of hydrogen-bond acceptors (Lipinski definition) is 4. The van der Waals surface area contributed by atoms with Crippen LogP contribution in [0.5, 0.6) is 0 Å². The van der Waals surface area contributed by atoms with E-state index in [0.717, 1.165) is 13.0 Å². The third kappa shape index (κ3) is 3.20. The molecule has 0 aromatic carbocycles. The number of aromatic nitrogens is 1. The molecule has 1 unspecified atom stereocenters. The molecule has 0 aliphatic heterocycles. The van der Waals surface area contributed by atoms with Crippen LogP contribution in [0.1, 0.15) is 37.7 Å². The summed E-state index contributed by atoms with van der Waals surface area (Å²) in [5.41, 5.74) is 5.99. The first-order valence-electron chi connectivity index (χ1n) is 5.58. The highest BCUT2D eigenvalue weighted by atomic mass is 32.1. The van der Waals surface area contributed by atoms with Crippen LogP contribution < -0.4 is 5.73 Å². The molecule has 16 heavy (non-hydrogen) atoms. The Labute approximate surface area is 100 Å². The largest absolute Gasteiger partial charge is 0.375 e. The van der Waals surface area contributed by atoms with Gasteiger partial charge in [-0.1, -0.05) is 20.3 Å². The number of hydrogen-bond donors (Lipinski definition) is 1. The third-order valence-electron chi connectivity index (χ3n) is 2.64. The second-order valence-corrected chi connectivity index (χ2v) is 4.82. The molecule has 2 N–H and O–H groups in total. The van der Waals surface area contributed by atoms with Crippen LogP contribution in [0.2, 0.25) is 0 Å². The standard InChI is InChI=1S/C11H19N3OS/c1-4-8(3)6-14(5-2)10(15)9-7-16-11(12)13-9/h7-8H,4-6H2,1-3H3,(H2,12,13). The van der Waals surface area contributed by atoms with Gasteiger partial charge >= 0.3 is 0 Å². The molecule has 0 saturated heterocycles. The van der Waals surface area contributed by atoms with Gasteiger partial charge in [0, 0.05) is 18.5 Å². The maximum absolute atomic E-state index is 12.1. The van der Waals surface area contributed by atoms with Gasteiger partial charge in [0.25, 0.3) is 5.91 Å². The zero-order chi connectivity index (χ0) is 12.1. The molecule has 5 heteroatoms. The van der Waals surface area contributed by atoms with E-state index in [1.807, 2.05) is 11.8 Å². The van der Waals surface area contributed by atoms with Crippen LogP contribution in [0.25, 0.3) is 0 Å². The number of nitrogens with two attached hydrogens (primary N) is 1. The molecule has 1 rings (SSSR count). The number of amides is 1. The smallest absolute Gasteiger partial charge is 0.273 e. The van der Waals surface area contributed by atoms with Crippen molar-refractivity contribution >= 4 is 22.4 Å². The lowest BCUT2D eigenvalue weighted by Gasteiger charge is -2.23. The maximum atomic E-state index is 12.1. The van der Waals surface area contributed by atoms with Crippen LogP contribution in [0, 0.1) is 5.92 Å². The highest BCUT2D eigenvalue weighted by Crippen LogP contribution is 2.14. The molecule has 90 valence electrons. The molecule has 4 nitrogen and oxygen atoms in total. The van der Waals surface area contributed by atoms with Gasteiger partial charge in [-0.2, -0.15) is 0 Å². The predicted molar refractivity (Wildman–Crippen MR) is 67.6 cm³/mol. The molecule has 0 aliphatic carbocycles. The Morgan fingerprint density at radius 1 is 1.62 bits per heavy atom. The summed E-state index contributed by atoms with van der Waals surface area (Å²) in [5.74, 6) is 0.496. The van der Waals surface area contributed by atoms with E-state index in [4.69, 9.17) is 5.73 Å². The highest BCUT2D eigenvalue weighted by molar-refractivity contribution is 7.13. The fourth-order valence-corrected chi connectivity index (χ4v) is 1.95. The molecule has 0 aliphatic rings. The Bertz CT molecular complexity index is 351. The number of carbonyl (C=O) groups is 1. The van der Waals surface area contributed by atoms with Crippen molar-refractivity contribution in [2.45, 2.75) is 27.2 Å². The number of nitrogen functional groups attached to an aromatic ring is 1. The average Bonchev–Trinajstić information content (AvgIpc) is 2.71. The van der Waals surface area contributed by atoms with E-state index in [1.165, 1.54) is 11.3 Å². The van der Waals surface area contributed by atoms with Crippen molar-refractivity contribution in [3.8, 4) is 0 Å². The molecule has 1 amide bonds. The van der Waals surface area contributed by atoms with Gasteiger partial charge in [0.1, 0.15) is 5.69 Å². The Morgan fingerprint density at radius 2 is 2.31 bits per heavy atom. The minimum Gasteiger partial charge on any atom is -0.375 e. The fraction of sp³-hybridized carbons (Fsp3) is 0.636. The van der Waals surface area contributed by atoms with Crippen molar-refractivity contribution in [3.05, 3.63) is 11.1 Å². The summed E-state index contributed by atoms with van der Waals surface area (Å²) < 4.78 is 0. The topological polar surface area (TPSA) is 59.2 Å². The van der Waals surface area contributed by atoms with Gasteiger partial charge in [-0.25, -0.2) is 4.98 Å². The van der Waals surface area contributed by atoms with Gasteiger partial charge in [-0.05, 0) is 12.8 Å². The molecule has 0 fully saturated rings. The zero-order valence-corrected chi connectivity index (χ0v) is 10.9. The quantitative estimate of drug-likeness (QED) is 0.860. The lowest BCUT2D eigenvalue weighted by Crippen LogP contribution is -2.34. The Morgan fingerprint density at radius 3 is 2.75 bits per heavy atom. The molecule has 0 saturated carbocycles. The average molecular weight is 241 g/mol. The van der Waals surface area contributed by atoms with Crippen molar-refractivity contribution in [1.82, 2.24) is 9.88 Å². The summed E-state index contributed by atoms with van der Waals surface area (Å²) in [6, 6.07) is 0. The first-order chi connectivity index (χ1) is 7.58. The first kappa shape index (κ1) is 13.0. The normalized spacial score (nSPS) is 12.4. The summed E-state index contributed by atoms with van der Waals surface area (Å²) in [6.07, 6.45) is 1.07. The summed E-state index contributed by atoms with van der Waals surface area (Å²) in [5, 5.41) is 2.17. The summed E-state index contributed by atoms with van der Waals surface area (Å²) in [7, 11) is 0. The van der Waals surface area contributed by atoms with E-state index in [0.29, 0.717) is 23.3 Å². The number of carbonyl (C=O) groups excluding carboxylic acids is 1. The fourth-order valence-electron chi connectivity index (χ4n) is 1.41. The molecule has 1 heterocycles. The summed E-state index contributed by atoms with van der Waals surface area (Å²) in [6.45, 7) is 7.75. The monoisotopic (exact) mass is 241 g/mol. The van der Waals surface area contributed by atoms with Gasteiger partial charge in [-0.3, -0.25) is 4.79 Å². The Hall–Kier alpha value is -1.10. The lowest BCUT2D eigenvalue weighted by atomic mass is 10.1. The summed E-state index contributed by atoms with van der Waals surface area (Å²) >= 11 is 1.30. The SMILES string of the molecule is CCC(C)CN(CC)C(=O)c1csc(N)n1. The van der Waals surface area contributed by atoms with Crippen LogP contribution in [0.4, 0.5) is 5.13 Å². The molecule has 0 bridgehead atoms. The number of nitrogens with zero attached hydrogens (tertiary/aromatic N) is 2. The number of anilines is 1. The number of thiazole rings is 1. The third-order valence-corrected chi connectivity index (χ3v) is 3.31. The van der Waals surface area contributed by atoms with E-state index >= 15 is 0 Å². The van der Waals surface area contributed by atoms with E-state index in [9.17, 15) is 4.79 Å². The highest BCUT2D eigenvalue weighted by Gasteiger charge is 2.18. The van der Waals surface area contributed by atoms with Crippen LogP contribution in [-0.2, 0) is 0 Å². The lowest BCUT2D eigenvalue weighted by molar-refractivity contribution is 0.0736. The van der Waals surface area contributed by atoms with E-state index in [-0.39, 0.29) is 5.91 Å². The first-order valence-corrected chi connectivity index (χ1v) is 6.46. The minimum atomic E-state index is -0.0178. The Kier molecular flexibility index (Phi) is 4.73. The van der Waals surface area contributed by atoms with Crippen LogP contribution in [0.15, 0.2) is 5.38 Å². The van der Waals surface area contributed by atoms with Crippen LogP contribution >= 0.6 is 11.3 Å². The molecule has 1 atom stereocenters. The minimum absolute atomic E-state index is 0.0178. The molecule has 1 aromatic heterocycles. The zero-order valence-electron chi connectivity index (χ0n) is 10.1. The van der Waals surface area contributed by atoms with Gasteiger partial charge in [0.05, 0.1) is 0 Å². The molecular weight excluding hydrogens is 222 g/mol. The van der Waals surface area contributed by atoms with Crippen LogP contribution in [0.3, 0.4) is 0 Å². The van der Waals surface area contributed by atoms with Crippen molar-refractivity contribution in [3.63, 3.8) is 0 Å². The van der Waals surface area contributed by atoms with Crippen LogP contribution in [-0.4, -0.2) is 28.9 Å². The van der Waals surface area contributed by atoms with Gasteiger partial charge in [0.2, 0.25) is 0 Å². The van der Waals surface area contributed by atoms with E-state index < -0.39 is 0 Å². The molecule has 0 radical (unpaired) electrons. The molecule has 1 aromatic rings.